The van der Waals surface area contributed by atoms with Crippen LogP contribution < -0.4 is 5.32 Å². The van der Waals surface area contributed by atoms with Crippen molar-refractivity contribution in [2.45, 2.75) is 38.5 Å². The van der Waals surface area contributed by atoms with Gasteiger partial charge in [-0.3, -0.25) is 4.79 Å². The standard InChI is InChI=1S/C11H23NO2S/c1-15-10-5-3-2-4-8-12-11(14)7-6-9-13/h13H,2-10H2,1H3,(H,12,14). The van der Waals surface area contributed by atoms with Crippen molar-refractivity contribution in [3.05, 3.63) is 0 Å². The minimum absolute atomic E-state index is 0.0631. The van der Waals surface area contributed by atoms with Gasteiger partial charge in [0.1, 0.15) is 0 Å². The van der Waals surface area contributed by atoms with Crippen LogP contribution in [0.25, 0.3) is 0 Å². The molecule has 2 N–H and O–H groups in total. The third kappa shape index (κ3) is 11.7. The van der Waals surface area contributed by atoms with Crippen LogP contribution in [0.5, 0.6) is 0 Å². The number of carbonyl (C=O) groups excluding carboxylic acids is 1. The molecule has 0 saturated carbocycles. The summed E-state index contributed by atoms with van der Waals surface area (Å²) in [7, 11) is 0. The van der Waals surface area contributed by atoms with Gasteiger partial charge in [0.05, 0.1) is 0 Å². The Morgan fingerprint density at radius 1 is 1.20 bits per heavy atom. The second-order valence-corrected chi connectivity index (χ2v) is 4.57. The lowest BCUT2D eigenvalue weighted by atomic mass is 10.2. The highest BCUT2D eigenvalue weighted by molar-refractivity contribution is 7.98. The predicted octanol–water partition coefficient (Wildman–Crippen LogP) is 1.80. The fraction of sp³-hybridized carbons (Fsp3) is 0.909. The quantitative estimate of drug-likeness (QED) is 0.566. The molecule has 0 rings (SSSR count). The van der Waals surface area contributed by atoms with Crippen LogP contribution in [0.4, 0.5) is 0 Å². The topological polar surface area (TPSA) is 49.3 Å². The van der Waals surface area contributed by atoms with Gasteiger partial charge in [0.25, 0.3) is 0 Å². The second-order valence-electron chi connectivity index (χ2n) is 3.58. The Labute approximate surface area is 97.0 Å². The Balaban J connectivity index is 3.06. The van der Waals surface area contributed by atoms with Gasteiger partial charge < -0.3 is 10.4 Å². The van der Waals surface area contributed by atoms with E-state index in [1.807, 2.05) is 11.8 Å². The SMILES string of the molecule is CSCCCCCCNC(=O)CCCO. The van der Waals surface area contributed by atoms with Crippen molar-refractivity contribution in [1.82, 2.24) is 5.32 Å². The van der Waals surface area contributed by atoms with E-state index in [1.165, 1.54) is 25.0 Å². The van der Waals surface area contributed by atoms with E-state index >= 15 is 0 Å². The summed E-state index contributed by atoms with van der Waals surface area (Å²) >= 11 is 1.89. The number of hydrogen-bond donors (Lipinski definition) is 2. The van der Waals surface area contributed by atoms with E-state index in [0.29, 0.717) is 12.8 Å². The Kier molecular flexibility index (Phi) is 11.7. The molecule has 0 aromatic heterocycles. The summed E-state index contributed by atoms with van der Waals surface area (Å²) in [4.78, 5) is 11.1. The monoisotopic (exact) mass is 233 g/mol. The van der Waals surface area contributed by atoms with E-state index in [4.69, 9.17) is 5.11 Å². The highest BCUT2D eigenvalue weighted by Gasteiger charge is 1.98. The molecule has 4 heteroatoms. The lowest BCUT2D eigenvalue weighted by molar-refractivity contribution is -0.121. The fourth-order valence-corrected chi connectivity index (χ4v) is 1.77. The number of carbonyl (C=O) groups is 1. The van der Waals surface area contributed by atoms with Crippen molar-refractivity contribution in [3.63, 3.8) is 0 Å². The molecule has 0 aromatic carbocycles. The van der Waals surface area contributed by atoms with Crippen molar-refractivity contribution >= 4 is 17.7 Å². The van der Waals surface area contributed by atoms with Crippen molar-refractivity contribution < 1.29 is 9.90 Å². The molecule has 1 amide bonds. The lowest BCUT2D eigenvalue weighted by Gasteiger charge is -2.04. The number of hydrogen-bond acceptors (Lipinski definition) is 3. The molecule has 90 valence electrons. The van der Waals surface area contributed by atoms with Gasteiger partial charge >= 0.3 is 0 Å². The first-order valence-corrected chi connectivity index (χ1v) is 7.07. The van der Waals surface area contributed by atoms with Crippen LogP contribution >= 0.6 is 11.8 Å². The van der Waals surface area contributed by atoms with Crippen molar-refractivity contribution in [1.29, 1.82) is 0 Å². The molecule has 0 aromatic rings. The molecule has 0 aliphatic rings. The molecular formula is C11H23NO2S. The second kappa shape index (κ2) is 11.9. The summed E-state index contributed by atoms with van der Waals surface area (Å²) in [5, 5.41) is 11.4. The van der Waals surface area contributed by atoms with Gasteiger partial charge in [-0.25, -0.2) is 0 Å². The molecule has 0 atom stereocenters. The molecule has 0 unspecified atom stereocenters. The van der Waals surface area contributed by atoms with E-state index in [1.54, 1.807) is 0 Å². The summed E-state index contributed by atoms with van der Waals surface area (Å²) in [6, 6.07) is 0. The third-order valence-corrected chi connectivity index (χ3v) is 2.86. The van der Waals surface area contributed by atoms with Crippen molar-refractivity contribution in [3.8, 4) is 0 Å². The third-order valence-electron chi connectivity index (χ3n) is 2.16. The maximum atomic E-state index is 11.1. The van der Waals surface area contributed by atoms with Crippen molar-refractivity contribution in [2.75, 3.05) is 25.2 Å². The van der Waals surface area contributed by atoms with Crippen LogP contribution in [0.3, 0.4) is 0 Å². The number of amides is 1. The number of rotatable bonds is 10. The van der Waals surface area contributed by atoms with Crippen LogP contribution in [-0.4, -0.2) is 36.2 Å². The van der Waals surface area contributed by atoms with Crippen molar-refractivity contribution in [2.24, 2.45) is 0 Å². The number of aliphatic hydroxyl groups is 1. The zero-order valence-corrected chi connectivity index (χ0v) is 10.4. The Hall–Kier alpha value is -0.220. The van der Waals surface area contributed by atoms with Gasteiger partial charge in [0, 0.05) is 19.6 Å². The molecule has 0 heterocycles. The summed E-state index contributed by atoms with van der Waals surface area (Å²) < 4.78 is 0. The molecule has 0 bridgehead atoms. The van der Waals surface area contributed by atoms with E-state index in [2.05, 4.69) is 11.6 Å². The van der Waals surface area contributed by atoms with E-state index in [0.717, 1.165) is 13.0 Å². The first-order valence-electron chi connectivity index (χ1n) is 5.67. The zero-order chi connectivity index (χ0) is 11.4. The Bertz CT molecular complexity index is 154. The average Bonchev–Trinajstić information content (AvgIpc) is 2.25. The maximum absolute atomic E-state index is 11.1. The molecule has 0 saturated heterocycles. The Morgan fingerprint density at radius 2 is 1.93 bits per heavy atom. The highest BCUT2D eigenvalue weighted by Crippen LogP contribution is 2.03. The summed E-state index contributed by atoms with van der Waals surface area (Å²) in [6.07, 6.45) is 7.94. The van der Waals surface area contributed by atoms with E-state index < -0.39 is 0 Å². The number of thioether (sulfide) groups is 1. The van der Waals surface area contributed by atoms with Gasteiger partial charge in [0.2, 0.25) is 5.91 Å². The number of aliphatic hydroxyl groups excluding tert-OH is 1. The minimum Gasteiger partial charge on any atom is -0.396 e. The molecule has 3 nitrogen and oxygen atoms in total. The minimum atomic E-state index is 0.0631. The maximum Gasteiger partial charge on any atom is 0.220 e. The van der Waals surface area contributed by atoms with Gasteiger partial charge in [-0.15, -0.1) is 0 Å². The molecule has 0 aliphatic carbocycles. The lowest BCUT2D eigenvalue weighted by Crippen LogP contribution is -2.24. The van der Waals surface area contributed by atoms with Gasteiger partial charge in [-0.1, -0.05) is 12.8 Å². The highest BCUT2D eigenvalue weighted by atomic mass is 32.2. The molecule has 0 fully saturated rings. The molecule has 0 aliphatic heterocycles. The Morgan fingerprint density at radius 3 is 2.60 bits per heavy atom. The summed E-state index contributed by atoms with van der Waals surface area (Å²) in [5.74, 6) is 1.30. The number of unbranched alkanes of at least 4 members (excludes halogenated alkanes) is 3. The van der Waals surface area contributed by atoms with Crippen LogP contribution in [0.2, 0.25) is 0 Å². The first-order chi connectivity index (χ1) is 7.31. The van der Waals surface area contributed by atoms with E-state index in [-0.39, 0.29) is 12.5 Å². The normalized spacial score (nSPS) is 10.3. The summed E-state index contributed by atoms with van der Waals surface area (Å²) in [5.41, 5.74) is 0. The first kappa shape index (κ1) is 14.8. The predicted molar refractivity (Wildman–Crippen MR) is 66.2 cm³/mol. The largest absolute Gasteiger partial charge is 0.396 e. The van der Waals surface area contributed by atoms with Gasteiger partial charge in [-0.2, -0.15) is 11.8 Å². The van der Waals surface area contributed by atoms with Crippen LogP contribution in [0.1, 0.15) is 38.5 Å². The van der Waals surface area contributed by atoms with Gasteiger partial charge in [0.15, 0.2) is 0 Å². The van der Waals surface area contributed by atoms with Crippen LogP contribution in [-0.2, 0) is 4.79 Å². The fourth-order valence-electron chi connectivity index (χ4n) is 1.28. The smallest absolute Gasteiger partial charge is 0.220 e. The molecule has 0 radical (unpaired) electrons. The molecular weight excluding hydrogens is 210 g/mol. The number of nitrogens with one attached hydrogen (secondary N) is 1. The molecule has 15 heavy (non-hydrogen) atoms. The average molecular weight is 233 g/mol. The zero-order valence-electron chi connectivity index (χ0n) is 9.63. The molecule has 0 spiro atoms. The van der Waals surface area contributed by atoms with E-state index in [9.17, 15) is 4.79 Å². The van der Waals surface area contributed by atoms with Crippen LogP contribution in [0, 0.1) is 0 Å². The van der Waals surface area contributed by atoms with Gasteiger partial charge in [-0.05, 0) is 31.3 Å². The van der Waals surface area contributed by atoms with Crippen LogP contribution in [0.15, 0.2) is 0 Å². The summed E-state index contributed by atoms with van der Waals surface area (Å²) in [6.45, 7) is 0.881.